The fraction of sp³-hybridized carbons (Fsp3) is 1.00. The van der Waals surface area contributed by atoms with Crippen LogP contribution in [0.15, 0.2) is 0 Å². The summed E-state index contributed by atoms with van der Waals surface area (Å²) in [5.41, 5.74) is 0. The van der Waals surface area contributed by atoms with Gasteiger partial charge in [-0.2, -0.15) is 13.2 Å². The van der Waals surface area contributed by atoms with Crippen molar-refractivity contribution in [1.82, 2.24) is 5.32 Å². The number of alkyl halides is 4. The molecule has 0 radical (unpaired) electrons. The first-order valence-electron chi connectivity index (χ1n) is 5.39. The molecular weight excluding hydrogens is 227 g/mol. The summed E-state index contributed by atoms with van der Waals surface area (Å²) in [6.07, 6.45) is -0.637. The number of nitrogens with one attached hydrogen (secondary N) is 1. The van der Waals surface area contributed by atoms with Crippen molar-refractivity contribution >= 4 is 11.6 Å². The lowest BCUT2D eigenvalue weighted by Gasteiger charge is -2.25. The van der Waals surface area contributed by atoms with E-state index in [0.29, 0.717) is 12.5 Å². The van der Waals surface area contributed by atoms with Crippen LogP contribution in [0, 0.1) is 5.92 Å². The van der Waals surface area contributed by atoms with Crippen LogP contribution in [0.4, 0.5) is 13.2 Å². The number of hydrogen-bond acceptors (Lipinski definition) is 1. The number of rotatable bonds is 4. The van der Waals surface area contributed by atoms with Crippen LogP contribution in [0.3, 0.4) is 0 Å². The molecule has 15 heavy (non-hydrogen) atoms. The summed E-state index contributed by atoms with van der Waals surface area (Å²) in [4.78, 5) is 0. The second-order valence-corrected chi connectivity index (χ2v) is 4.82. The van der Waals surface area contributed by atoms with Crippen LogP contribution in [-0.2, 0) is 0 Å². The minimum absolute atomic E-state index is 0.0208. The zero-order valence-corrected chi connectivity index (χ0v) is 9.37. The summed E-state index contributed by atoms with van der Waals surface area (Å²) >= 11 is 5.99. The third-order valence-electron chi connectivity index (χ3n) is 2.74. The second kappa shape index (κ2) is 5.94. The van der Waals surface area contributed by atoms with E-state index in [-0.39, 0.29) is 11.9 Å². The van der Waals surface area contributed by atoms with Crippen LogP contribution in [0.2, 0.25) is 0 Å². The molecule has 1 nitrogen and oxygen atoms in total. The molecule has 90 valence electrons. The molecule has 2 atom stereocenters. The van der Waals surface area contributed by atoms with E-state index in [0.717, 1.165) is 25.7 Å². The summed E-state index contributed by atoms with van der Waals surface area (Å²) in [5, 5.41) is 3.07. The van der Waals surface area contributed by atoms with Crippen molar-refractivity contribution in [1.29, 1.82) is 0 Å². The van der Waals surface area contributed by atoms with Gasteiger partial charge in [0.05, 0.1) is 6.42 Å². The van der Waals surface area contributed by atoms with E-state index < -0.39 is 12.6 Å². The maximum Gasteiger partial charge on any atom is 0.390 e. The predicted octanol–water partition coefficient (Wildman–Crippen LogP) is 3.33. The highest BCUT2D eigenvalue weighted by molar-refractivity contribution is 6.20. The van der Waals surface area contributed by atoms with Gasteiger partial charge in [-0.1, -0.05) is 6.42 Å². The molecule has 0 amide bonds. The molecule has 0 heterocycles. The molecule has 1 aliphatic carbocycles. The van der Waals surface area contributed by atoms with Crippen LogP contribution in [-0.4, -0.2) is 24.6 Å². The Kier molecular flexibility index (Phi) is 5.19. The van der Waals surface area contributed by atoms with Crippen LogP contribution in [0.25, 0.3) is 0 Å². The van der Waals surface area contributed by atoms with Crippen molar-refractivity contribution in [3.8, 4) is 0 Å². The topological polar surface area (TPSA) is 12.0 Å². The number of hydrogen-bond donors (Lipinski definition) is 1. The average molecular weight is 244 g/mol. The first kappa shape index (κ1) is 13.1. The third-order valence-corrected chi connectivity index (χ3v) is 3.13. The standard InChI is InChI=1S/C10H17ClF3N/c11-9-3-1-2-8(6-9)7-15-5-4-10(12,13)14/h8-9,15H,1-7H2. The Balaban J connectivity index is 2.04. The van der Waals surface area contributed by atoms with E-state index in [2.05, 4.69) is 5.32 Å². The predicted molar refractivity (Wildman–Crippen MR) is 55.1 cm³/mol. The highest BCUT2D eigenvalue weighted by Gasteiger charge is 2.26. The summed E-state index contributed by atoms with van der Waals surface area (Å²) in [5.74, 6) is 0.453. The SMILES string of the molecule is FC(F)(F)CCNCC1CCCC(Cl)C1. The Hall–Kier alpha value is 0.0400. The Morgan fingerprint density at radius 3 is 2.60 bits per heavy atom. The largest absolute Gasteiger partial charge is 0.390 e. The monoisotopic (exact) mass is 243 g/mol. The molecule has 1 fully saturated rings. The van der Waals surface area contributed by atoms with Gasteiger partial charge in [0, 0.05) is 11.9 Å². The van der Waals surface area contributed by atoms with Crippen molar-refractivity contribution in [2.75, 3.05) is 13.1 Å². The van der Waals surface area contributed by atoms with Crippen LogP contribution in [0.1, 0.15) is 32.1 Å². The van der Waals surface area contributed by atoms with Gasteiger partial charge in [0.1, 0.15) is 0 Å². The molecule has 0 aromatic heterocycles. The Morgan fingerprint density at radius 1 is 1.27 bits per heavy atom. The summed E-state index contributed by atoms with van der Waals surface area (Å²) in [6.45, 7) is 0.687. The Labute approximate surface area is 93.4 Å². The molecule has 1 saturated carbocycles. The van der Waals surface area contributed by atoms with E-state index in [9.17, 15) is 13.2 Å². The van der Waals surface area contributed by atoms with Gasteiger partial charge in [-0.3, -0.25) is 0 Å². The van der Waals surface area contributed by atoms with Gasteiger partial charge in [0.25, 0.3) is 0 Å². The van der Waals surface area contributed by atoms with Gasteiger partial charge in [-0.05, 0) is 31.7 Å². The Morgan fingerprint density at radius 2 is 2.00 bits per heavy atom. The smallest absolute Gasteiger partial charge is 0.316 e. The summed E-state index contributed by atoms with van der Waals surface area (Å²) in [6, 6.07) is 0. The van der Waals surface area contributed by atoms with Crippen molar-refractivity contribution in [3.63, 3.8) is 0 Å². The van der Waals surface area contributed by atoms with Crippen molar-refractivity contribution in [2.24, 2.45) is 5.92 Å². The molecule has 1 N–H and O–H groups in total. The van der Waals surface area contributed by atoms with E-state index in [4.69, 9.17) is 11.6 Å². The lowest BCUT2D eigenvalue weighted by Crippen LogP contribution is -2.30. The van der Waals surface area contributed by atoms with Crippen LogP contribution >= 0.6 is 11.6 Å². The normalized spacial score (nSPS) is 28.0. The van der Waals surface area contributed by atoms with Gasteiger partial charge < -0.3 is 5.32 Å². The first-order valence-corrected chi connectivity index (χ1v) is 5.82. The minimum atomic E-state index is -4.05. The molecular formula is C10H17ClF3N. The van der Waals surface area contributed by atoms with Crippen LogP contribution < -0.4 is 5.32 Å². The molecule has 0 aliphatic heterocycles. The average Bonchev–Trinajstić information content (AvgIpc) is 2.11. The zero-order chi connectivity index (χ0) is 11.3. The molecule has 0 aromatic rings. The number of halogens is 4. The molecule has 0 bridgehead atoms. The molecule has 2 unspecified atom stereocenters. The maximum atomic E-state index is 11.8. The lowest BCUT2D eigenvalue weighted by atomic mass is 9.89. The Bertz CT molecular complexity index is 184. The van der Waals surface area contributed by atoms with Gasteiger partial charge >= 0.3 is 6.18 Å². The fourth-order valence-corrected chi connectivity index (χ4v) is 2.35. The van der Waals surface area contributed by atoms with E-state index in [1.807, 2.05) is 0 Å². The highest BCUT2D eigenvalue weighted by atomic mass is 35.5. The zero-order valence-electron chi connectivity index (χ0n) is 8.62. The fourth-order valence-electron chi connectivity index (χ4n) is 1.95. The van der Waals surface area contributed by atoms with Crippen molar-refractivity contribution < 1.29 is 13.2 Å². The maximum absolute atomic E-state index is 11.8. The first-order chi connectivity index (χ1) is 6.97. The second-order valence-electron chi connectivity index (χ2n) is 4.20. The van der Waals surface area contributed by atoms with E-state index >= 15 is 0 Å². The van der Waals surface area contributed by atoms with Crippen LogP contribution in [0.5, 0.6) is 0 Å². The van der Waals surface area contributed by atoms with Gasteiger partial charge in [0.2, 0.25) is 0 Å². The summed E-state index contributed by atoms with van der Waals surface area (Å²) < 4.78 is 35.5. The molecule has 1 rings (SSSR count). The molecule has 5 heteroatoms. The van der Waals surface area contributed by atoms with Gasteiger partial charge in [-0.15, -0.1) is 11.6 Å². The van der Waals surface area contributed by atoms with Crippen molar-refractivity contribution in [3.05, 3.63) is 0 Å². The van der Waals surface area contributed by atoms with E-state index in [1.165, 1.54) is 0 Å². The quantitative estimate of drug-likeness (QED) is 0.590. The molecule has 1 aliphatic rings. The van der Waals surface area contributed by atoms with Gasteiger partial charge in [-0.25, -0.2) is 0 Å². The summed E-state index contributed by atoms with van der Waals surface area (Å²) in [7, 11) is 0. The molecule has 0 spiro atoms. The minimum Gasteiger partial charge on any atom is -0.316 e. The van der Waals surface area contributed by atoms with Crippen molar-refractivity contribution in [2.45, 2.75) is 43.7 Å². The molecule has 0 aromatic carbocycles. The van der Waals surface area contributed by atoms with E-state index in [1.54, 1.807) is 0 Å². The molecule has 0 saturated heterocycles. The van der Waals surface area contributed by atoms with Gasteiger partial charge in [0.15, 0.2) is 0 Å². The third kappa shape index (κ3) is 6.25. The lowest BCUT2D eigenvalue weighted by molar-refractivity contribution is -0.133. The highest BCUT2D eigenvalue weighted by Crippen LogP contribution is 2.27.